The van der Waals surface area contributed by atoms with Crippen LogP contribution in [0.15, 0.2) is 11.1 Å². The first-order valence-electron chi connectivity index (χ1n) is 5.24. The van der Waals surface area contributed by atoms with Gasteiger partial charge >= 0.3 is 5.97 Å². The summed E-state index contributed by atoms with van der Waals surface area (Å²) < 4.78 is 5.10. The molecule has 0 bridgehead atoms. The molecule has 0 radical (unpaired) electrons. The zero-order valence-electron chi connectivity index (χ0n) is 9.56. The minimum atomic E-state index is -0.133. The van der Waals surface area contributed by atoms with Crippen molar-refractivity contribution in [1.29, 1.82) is 0 Å². The molecule has 86 valence electrons. The fraction of sp³-hybridized carbons (Fsp3) is 0.545. The van der Waals surface area contributed by atoms with Gasteiger partial charge in [0.1, 0.15) is 22.2 Å². The molecule has 1 aliphatic rings. The Morgan fingerprint density at radius 2 is 2.19 bits per heavy atom. The van der Waals surface area contributed by atoms with E-state index in [4.69, 9.17) is 4.74 Å². The van der Waals surface area contributed by atoms with Crippen LogP contribution in [0.25, 0.3) is 0 Å². The lowest BCUT2D eigenvalue weighted by atomic mass is 10.3. The molecule has 0 N–H and O–H groups in total. The number of cyclic esters (lactones) is 1. The van der Waals surface area contributed by atoms with Crippen molar-refractivity contribution in [3.05, 3.63) is 17.6 Å². The average molecular weight is 238 g/mol. The monoisotopic (exact) mass is 238 g/mol. The van der Waals surface area contributed by atoms with Gasteiger partial charge in [0.05, 0.1) is 0 Å². The maximum Gasteiger partial charge on any atom is 0.319 e. The number of carbonyl (C=O) groups is 1. The maximum absolute atomic E-state index is 11.5. The SMILES string of the molecule is Cc1cc(S[C@H]2C[C@@H](C)OC2=O)nc(C)n1. The molecule has 5 heteroatoms. The topological polar surface area (TPSA) is 52.1 Å². The lowest BCUT2D eigenvalue weighted by Crippen LogP contribution is -2.10. The lowest BCUT2D eigenvalue weighted by molar-refractivity contribution is -0.140. The van der Waals surface area contributed by atoms with Gasteiger partial charge in [-0.15, -0.1) is 0 Å². The second kappa shape index (κ2) is 4.41. The molecule has 0 spiro atoms. The van der Waals surface area contributed by atoms with Gasteiger partial charge in [-0.25, -0.2) is 9.97 Å². The number of esters is 1. The van der Waals surface area contributed by atoms with E-state index >= 15 is 0 Å². The van der Waals surface area contributed by atoms with Crippen LogP contribution in [0.2, 0.25) is 0 Å². The summed E-state index contributed by atoms with van der Waals surface area (Å²) in [6, 6.07) is 1.90. The minimum absolute atomic E-state index is 0.0223. The smallest absolute Gasteiger partial charge is 0.319 e. The van der Waals surface area contributed by atoms with Crippen molar-refractivity contribution in [3.63, 3.8) is 0 Å². The molecule has 0 unspecified atom stereocenters. The third kappa shape index (κ3) is 2.52. The van der Waals surface area contributed by atoms with E-state index in [2.05, 4.69) is 9.97 Å². The van der Waals surface area contributed by atoms with Gasteiger partial charge in [-0.3, -0.25) is 4.79 Å². The van der Waals surface area contributed by atoms with Gasteiger partial charge in [-0.1, -0.05) is 11.8 Å². The van der Waals surface area contributed by atoms with E-state index in [-0.39, 0.29) is 17.3 Å². The summed E-state index contributed by atoms with van der Waals surface area (Å²) in [5.74, 6) is 0.605. The zero-order chi connectivity index (χ0) is 11.7. The van der Waals surface area contributed by atoms with Gasteiger partial charge in [0.15, 0.2) is 0 Å². The van der Waals surface area contributed by atoms with Crippen molar-refractivity contribution in [1.82, 2.24) is 9.97 Å². The minimum Gasteiger partial charge on any atom is -0.462 e. The summed E-state index contributed by atoms with van der Waals surface area (Å²) in [5.41, 5.74) is 0.925. The highest BCUT2D eigenvalue weighted by atomic mass is 32.2. The number of ether oxygens (including phenoxy) is 1. The summed E-state index contributed by atoms with van der Waals surface area (Å²) in [6.45, 7) is 5.69. The molecule has 16 heavy (non-hydrogen) atoms. The number of nitrogens with zero attached hydrogens (tertiary/aromatic N) is 2. The van der Waals surface area contributed by atoms with Crippen molar-refractivity contribution in [2.24, 2.45) is 0 Å². The van der Waals surface area contributed by atoms with Crippen molar-refractivity contribution in [2.45, 2.75) is 43.6 Å². The van der Waals surface area contributed by atoms with Gasteiger partial charge in [-0.2, -0.15) is 0 Å². The van der Waals surface area contributed by atoms with Crippen LogP contribution in [0.5, 0.6) is 0 Å². The van der Waals surface area contributed by atoms with E-state index in [1.807, 2.05) is 26.8 Å². The van der Waals surface area contributed by atoms with E-state index < -0.39 is 0 Å². The normalized spacial score (nSPS) is 24.6. The molecule has 0 saturated carbocycles. The molecule has 1 aliphatic heterocycles. The van der Waals surface area contributed by atoms with Gasteiger partial charge < -0.3 is 4.74 Å². The van der Waals surface area contributed by atoms with E-state index in [0.717, 1.165) is 23.0 Å². The number of rotatable bonds is 2. The molecule has 2 atom stereocenters. The molecule has 2 rings (SSSR count). The summed E-state index contributed by atoms with van der Waals surface area (Å²) in [4.78, 5) is 20.0. The van der Waals surface area contributed by atoms with Gasteiger partial charge in [0.2, 0.25) is 0 Å². The van der Waals surface area contributed by atoms with Crippen LogP contribution in [0.3, 0.4) is 0 Å². The van der Waals surface area contributed by atoms with Crippen LogP contribution in [-0.2, 0) is 9.53 Å². The van der Waals surface area contributed by atoms with Crippen LogP contribution in [0, 0.1) is 13.8 Å². The molecule has 0 aliphatic carbocycles. The van der Waals surface area contributed by atoms with Gasteiger partial charge in [0.25, 0.3) is 0 Å². The molecule has 1 aromatic rings. The summed E-state index contributed by atoms with van der Waals surface area (Å²) in [7, 11) is 0. The fourth-order valence-corrected chi connectivity index (χ4v) is 2.94. The molecule has 1 fully saturated rings. The predicted octanol–water partition coefficient (Wildman–Crippen LogP) is 1.89. The molecule has 1 saturated heterocycles. The Hall–Kier alpha value is -1.10. The van der Waals surface area contributed by atoms with Crippen molar-refractivity contribution in [3.8, 4) is 0 Å². The van der Waals surface area contributed by atoms with E-state index in [1.165, 1.54) is 11.8 Å². The number of aromatic nitrogens is 2. The second-order valence-corrected chi connectivity index (χ2v) is 5.21. The van der Waals surface area contributed by atoms with E-state index in [1.54, 1.807) is 0 Å². The summed E-state index contributed by atoms with van der Waals surface area (Å²) >= 11 is 1.47. The zero-order valence-corrected chi connectivity index (χ0v) is 10.4. The van der Waals surface area contributed by atoms with Crippen molar-refractivity contribution >= 4 is 17.7 Å². The quantitative estimate of drug-likeness (QED) is 0.581. The molecule has 0 amide bonds. The Balaban J connectivity index is 2.12. The van der Waals surface area contributed by atoms with Crippen molar-refractivity contribution < 1.29 is 9.53 Å². The third-order valence-electron chi connectivity index (χ3n) is 2.33. The first-order valence-corrected chi connectivity index (χ1v) is 6.12. The van der Waals surface area contributed by atoms with E-state index in [9.17, 15) is 4.79 Å². The Morgan fingerprint density at radius 3 is 2.75 bits per heavy atom. The summed E-state index contributed by atoms with van der Waals surface area (Å²) in [5, 5.41) is 0.727. The largest absolute Gasteiger partial charge is 0.462 e. The number of aryl methyl sites for hydroxylation is 2. The van der Waals surface area contributed by atoms with Crippen LogP contribution >= 0.6 is 11.8 Å². The third-order valence-corrected chi connectivity index (χ3v) is 3.45. The average Bonchev–Trinajstić information content (AvgIpc) is 2.43. The standard InChI is InChI=1S/C11H14N2O2S/c1-6-4-10(13-8(3)12-6)16-9-5-7(2)15-11(9)14/h4,7,9H,5H2,1-3H3/t7-,9+/m1/s1. The van der Waals surface area contributed by atoms with Gasteiger partial charge in [0, 0.05) is 12.1 Å². The van der Waals surface area contributed by atoms with Crippen LogP contribution in [0.1, 0.15) is 24.9 Å². The highest BCUT2D eigenvalue weighted by molar-refractivity contribution is 8.00. The maximum atomic E-state index is 11.5. The lowest BCUT2D eigenvalue weighted by Gasteiger charge is -2.05. The van der Waals surface area contributed by atoms with Crippen molar-refractivity contribution in [2.75, 3.05) is 0 Å². The number of hydrogen-bond acceptors (Lipinski definition) is 5. The van der Waals surface area contributed by atoms with E-state index in [0.29, 0.717) is 0 Å². The Labute approximate surface area is 98.8 Å². The fourth-order valence-electron chi connectivity index (χ4n) is 1.71. The highest BCUT2D eigenvalue weighted by Crippen LogP contribution is 2.31. The molecule has 4 nitrogen and oxygen atoms in total. The highest BCUT2D eigenvalue weighted by Gasteiger charge is 2.32. The number of carbonyl (C=O) groups excluding carboxylic acids is 1. The first-order chi connectivity index (χ1) is 7.54. The molecule has 1 aromatic heterocycles. The predicted molar refractivity (Wildman–Crippen MR) is 61.3 cm³/mol. The summed E-state index contributed by atoms with van der Waals surface area (Å²) in [6.07, 6.45) is 0.778. The first kappa shape index (κ1) is 11.4. The van der Waals surface area contributed by atoms with Crippen LogP contribution < -0.4 is 0 Å². The Bertz CT molecular complexity index is 402. The second-order valence-electron chi connectivity index (χ2n) is 3.98. The molecule has 0 aromatic carbocycles. The molecular formula is C11H14N2O2S. The number of thioether (sulfide) groups is 1. The molecular weight excluding hydrogens is 224 g/mol. The van der Waals surface area contributed by atoms with Gasteiger partial charge in [-0.05, 0) is 26.8 Å². The van der Waals surface area contributed by atoms with Crippen LogP contribution in [0.4, 0.5) is 0 Å². The number of hydrogen-bond donors (Lipinski definition) is 0. The van der Waals surface area contributed by atoms with Crippen LogP contribution in [-0.4, -0.2) is 27.3 Å². The Kier molecular flexibility index (Phi) is 3.14. The molecule has 2 heterocycles. The Morgan fingerprint density at radius 1 is 1.44 bits per heavy atom.